The Bertz CT molecular complexity index is 85.0. The van der Waals surface area contributed by atoms with Gasteiger partial charge < -0.3 is 0 Å². The topological polar surface area (TPSA) is 0 Å². The minimum atomic E-state index is -0.615. The molecule has 1 saturated carbocycles. The van der Waals surface area contributed by atoms with E-state index in [1.54, 1.807) is 0 Å². The molecule has 9 heavy (non-hydrogen) atoms. The summed E-state index contributed by atoms with van der Waals surface area (Å²) in [6.07, 6.45) is 3.32. The van der Waals surface area contributed by atoms with Crippen molar-refractivity contribution in [3.63, 3.8) is 0 Å². The van der Waals surface area contributed by atoms with Crippen molar-refractivity contribution >= 4 is 11.6 Å². The third-order valence-corrected chi connectivity index (χ3v) is 2.41. The van der Waals surface area contributed by atoms with Gasteiger partial charge in [0.2, 0.25) is 0 Å². The van der Waals surface area contributed by atoms with E-state index in [1.165, 1.54) is 0 Å². The minimum Gasteiger partial charge on any atom is -0.247 e. The van der Waals surface area contributed by atoms with Crippen molar-refractivity contribution in [2.75, 3.05) is 5.88 Å². The third-order valence-electron chi connectivity index (χ3n) is 2.01. The molecule has 0 radical (unpaired) electrons. The summed E-state index contributed by atoms with van der Waals surface area (Å²) in [6, 6.07) is 0. The van der Waals surface area contributed by atoms with Gasteiger partial charge in [-0.25, -0.2) is 4.39 Å². The standard InChI is InChI=1S/C7H12ClF/c8-5-6-3-1-2-4-7(6)9/h6-7H,1-5H2/t6-,7-/m1/s1. The van der Waals surface area contributed by atoms with Crippen LogP contribution in [0, 0.1) is 5.92 Å². The zero-order valence-corrected chi connectivity index (χ0v) is 6.20. The van der Waals surface area contributed by atoms with Crippen LogP contribution < -0.4 is 0 Å². The van der Waals surface area contributed by atoms with Gasteiger partial charge in [0.15, 0.2) is 0 Å². The van der Waals surface area contributed by atoms with Crippen LogP contribution in [0.3, 0.4) is 0 Å². The molecule has 0 unspecified atom stereocenters. The number of rotatable bonds is 1. The van der Waals surface area contributed by atoms with Crippen LogP contribution in [0.15, 0.2) is 0 Å². The lowest BCUT2D eigenvalue weighted by atomic mass is 9.89. The summed E-state index contributed by atoms with van der Waals surface area (Å²) in [5.74, 6) is 0.654. The average molecular weight is 151 g/mol. The predicted octanol–water partition coefficient (Wildman–Crippen LogP) is 2.75. The number of halogens is 2. The molecule has 1 rings (SSSR count). The SMILES string of the molecule is F[C@@H]1CCCC[C@@H]1CCl. The van der Waals surface area contributed by atoms with Crippen molar-refractivity contribution in [2.45, 2.75) is 31.9 Å². The number of hydrogen-bond acceptors (Lipinski definition) is 0. The van der Waals surface area contributed by atoms with E-state index in [0.29, 0.717) is 5.88 Å². The fourth-order valence-electron chi connectivity index (χ4n) is 1.34. The maximum absolute atomic E-state index is 12.8. The first-order valence-electron chi connectivity index (χ1n) is 3.54. The third kappa shape index (κ3) is 1.82. The zero-order valence-electron chi connectivity index (χ0n) is 5.45. The van der Waals surface area contributed by atoms with Crippen LogP contribution in [0.25, 0.3) is 0 Å². The van der Waals surface area contributed by atoms with E-state index >= 15 is 0 Å². The first-order chi connectivity index (χ1) is 4.34. The van der Waals surface area contributed by atoms with E-state index in [-0.39, 0.29) is 5.92 Å². The van der Waals surface area contributed by atoms with Gasteiger partial charge in [-0.3, -0.25) is 0 Å². The summed E-state index contributed by atoms with van der Waals surface area (Å²) in [5.41, 5.74) is 0. The molecule has 0 aromatic heterocycles. The van der Waals surface area contributed by atoms with Gasteiger partial charge in [-0.1, -0.05) is 12.8 Å². The number of alkyl halides is 2. The summed E-state index contributed by atoms with van der Waals surface area (Å²) >= 11 is 5.54. The van der Waals surface area contributed by atoms with E-state index in [4.69, 9.17) is 11.6 Å². The van der Waals surface area contributed by atoms with Gasteiger partial charge in [0.25, 0.3) is 0 Å². The molecule has 2 atom stereocenters. The van der Waals surface area contributed by atoms with Crippen molar-refractivity contribution < 1.29 is 4.39 Å². The van der Waals surface area contributed by atoms with Crippen LogP contribution in [0.1, 0.15) is 25.7 Å². The van der Waals surface area contributed by atoms with Crippen molar-refractivity contribution in [3.8, 4) is 0 Å². The van der Waals surface area contributed by atoms with Gasteiger partial charge in [-0.05, 0) is 12.8 Å². The van der Waals surface area contributed by atoms with Gasteiger partial charge in [0.05, 0.1) is 0 Å². The molecule has 1 aliphatic carbocycles. The van der Waals surface area contributed by atoms with Gasteiger partial charge in [0.1, 0.15) is 6.17 Å². The first-order valence-corrected chi connectivity index (χ1v) is 4.08. The molecule has 0 spiro atoms. The Balaban J connectivity index is 2.30. The minimum absolute atomic E-state index is 0.153. The van der Waals surface area contributed by atoms with Gasteiger partial charge in [-0.2, -0.15) is 0 Å². The lowest BCUT2D eigenvalue weighted by molar-refractivity contribution is 0.182. The molecule has 0 aromatic rings. The van der Waals surface area contributed by atoms with Gasteiger partial charge in [-0.15, -0.1) is 11.6 Å². The van der Waals surface area contributed by atoms with Crippen molar-refractivity contribution in [3.05, 3.63) is 0 Å². The van der Waals surface area contributed by atoms with Crippen LogP contribution >= 0.6 is 11.6 Å². The Morgan fingerprint density at radius 2 is 2.00 bits per heavy atom. The van der Waals surface area contributed by atoms with Crippen LogP contribution in [-0.4, -0.2) is 12.1 Å². The Hall–Kier alpha value is 0.220. The molecule has 0 amide bonds. The molecule has 54 valence electrons. The molecular formula is C7H12ClF. The van der Waals surface area contributed by atoms with E-state index in [2.05, 4.69) is 0 Å². The highest BCUT2D eigenvalue weighted by molar-refractivity contribution is 6.18. The van der Waals surface area contributed by atoms with E-state index in [1.807, 2.05) is 0 Å². The van der Waals surface area contributed by atoms with Crippen LogP contribution in [0.5, 0.6) is 0 Å². The van der Waals surface area contributed by atoms with Crippen molar-refractivity contribution in [1.82, 2.24) is 0 Å². The van der Waals surface area contributed by atoms with E-state index in [0.717, 1.165) is 25.7 Å². The molecular weight excluding hydrogens is 139 g/mol. The van der Waals surface area contributed by atoms with Crippen LogP contribution in [-0.2, 0) is 0 Å². The molecule has 0 saturated heterocycles. The van der Waals surface area contributed by atoms with Crippen molar-refractivity contribution in [1.29, 1.82) is 0 Å². The van der Waals surface area contributed by atoms with Gasteiger partial charge >= 0.3 is 0 Å². The second kappa shape index (κ2) is 3.40. The second-order valence-corrected chi connectivity index (χ2v) is 3.02. The monoisotopic (exact) mass is 150 g/mol. The Kier molecular flexibility index (Phi) is 2.77. The lowest BCUT2D eigenvalue weighted by Crippen LogP contribution is -2.21. The molecule has 0 N–H and O–H groups in total. The predicted molar refractivity (Wildman–Crippen MR) is 37.6 cm³/mol. The van der Waals surface area contributed by atoms with Gasteiger partial charge in [0, 0.05) is 11.8 Å². The molecule has 1 aliphatic rings. The van der Waals surface area contributed by atoms with E-state index in [9.17, 15) is 4.39 Å². The normalized spacial score (nSPS) is 36.7. The van der Waals surface area contributed by atoms with Crippen LogP contribution in [0.4, 0.5) is 4.39 Å². The maximum Gasteiger partial charge on any atom is 0.104 e. The summed E-state index contributed by atoms with van der Waals surface area (Å²) in [6.45, 7) is 0. The first kappa shape index (κ1) is 7.33. The van der Waals surface area contributed by atoms with Crippen molar-refractivity contribution in [2.24, 2.45) is 5.92 Å². The molecule has 1 fully saturated rings. The molecule has 0 bridgehead atoms. The molecule has 0 heterocycles. The summed E-state index contributed by atoms with van der Waals surface area (Å²) in [4.78, 5) is 0. The highest BCUT2D eigenvalue weighted by Crippen LogP contribution is 2.27. The Morgan fingerprint density at radius 1 is 1.33 bits per heavy atom. The largest absolute Gasteiger partial charge is 0.247 e. The molecule has 2 heteroatoms. The fraction of sp³-hybridized carbons (Fsp3) is 1.00. The molecule has 0 aliphatic heterocycles. The Morgan fingerprint density at radius 3 is 2.44 bits per heavy atom. The quantitative estimate of drug-likeness (QED) is 0.505. The maximum atomic E-state index is 12.8. The average Bonchev–Trinajstić information content (AvgIpc) is 1.89. The highest BCUT2D eigenvalue weighted by Gasteiger charge is 2.23. The fourth-order valence-corrected chi connectivity index (χ4v) is 1.68. The second-order valence-electron chi connectivity index (χ2n) is 2.71. The summed E-state index contributed by atoms with van der Waals surface area (Å²) < 4.78 is 12.8. The molecule has 0 aromatic carbocycles. The Labute approximate surface area is 60.4 Å². The zero-order chi connectivity index (χ0) is 6.69. The summed E-state index contributed by atoms with van der Waals surface area (Å²) in [5, 5.41) is 0. The molecule has 0 nitrogen and oxygen atoms in total. The smallest absolute Gasteiger partial charge is 0.104 e. The summed E-state index contributed by atoms with van der Waals surface area (Å²) in [7, 11) is 0. The highest BCUT2D eigenvalue weighted by atomic mass is 35.5. The number of hydrogen-bond donors (Lipinski definition) is 0. The van der Waals surface area contributed by atoms with Crippen LogP contribution in [0.2, 0.25) is 0 Å². The van der Waals surface area contributed by atoms with E-state index < -0.39 is 6.17 Å². The lowest BCUT2D eigenvalue weighted by Gasteiger charge is -2.23.